The smallest absolute Gasteiger partial charge is 0.0805 e. The molecule has 0 fully saturated rings. The molecule has 0 aliphatic rings. The molecule has 4 heteroatoms. The predicted octanol–water partition coefficient (Wildman–Crippen LogP) is 3.41. The molecule has 0 spiro atoms. The van der Waals surface area contributed by atoms with Crippen LogP contribution in [0.5, 0.6) is 0 Å². The number of aryl methyl sites for hydroxylation is 1. The number of nitrogens with one attached hydrogen (secondary N) is 1. The van der Waals surface area contributed by atoms with E-state index in [0.717, 1.165) is 17.3 Å². The monoisotopic (exact) mass is 283 g/mol. The minimum atomic E-state index is 0.0366. The van der Waals surface area contributed by atoms with E-state index >= 15 is 0 Å². The first kappa shape index (κ1) is 13.2. The van der Waals surface area contributed by atoms with Crippen molar-refractivity contribution in [3.8, 4) is 0 Å². The van der Waals surface area contributed by atoms with Crippen molar-refractivity contribution in [2.24, 2.45) is 5.84 Å². The average Bonchev–Trinajstić information content (AvgIpc) is 2.96. The van der Waals surface area contributed by atoms with Gasteiger partial charge in [-0.2, -0.15) is 0 Å². The number of aromatic nitrogens is 1. The molecule has 3 aromatic rings. The van der Waals surface area contributed by atoms with Crippen LogP contribution in [-0.2, 0) is 6.42 Å². The van der Waals surface area contributed by atoms with Crippen molar-refractivity contribution in [2.45, 2.75) is 19.4 Å². The van der Waals surface area contributed by atoms with Crippen LogP contribution in [-0.4, -0.2) is 4.98 Å². The molecule has 3 rings (SSSR count). The van der Waals surface area contributed by atoms with Gasteiger partial charge in [-0.1, -0.05) is 19.1 Å². The number of fused-ring (bicyclic) bond motifs is 1. The number of thiophene rings is 1. The van der Waals surface area contributed by atoms with Crippen molar-refractivity contribution < 1.29 is 0 Å². The van der Waals surface area contributed by atoms with Crippen LogP contribution < -0.4 is 11.3 Å². The molecule has 0 amide bonds. The highest BCUT2D eigenvalue weighted by Crippen LogP contribution is 2.30. The van der Waals surface area contributed by atoms with E-state index in [1.165, 1.54) is 16.0 Å². The second-order valence-corrected chi connectivity index (χ2v) is 5.67. The van der Waals surface area contributed by atoms with Crippen LogP contribution in [0.2, 0.25) is 0 Å². The molecule has 1 aromatic carbocycles. The first-order valence-electron chi connectivity index (χ1n) is 6.70. The molecule has 102 valence electrons. The summed E-state index contributed by atoms with van der Waals surface area (Å²) in [6.45, 7) is 2.17. The van der Waals surface area contributed by atoms with Crippen LogP contribution in [0.15, 0.2) is 48.0 Å². The molecule has 1 unspecified atom stereocenters. The molecule has 2 heterocycles. The molecule has 2 aromatic heterocycles. The lowest BCUT2D eigenvalue weighted by Gasteiger charge is -2.17. The number of nitrogens with zero attached hydrogens (tertiary/aromatic N) is 1. The summed E-state index contributed by atoms with van der Waals surface area (Å²) < 4.78 is 0. The van der Waals surface area contributed by atoms with E-state index in [-0.39, 0.29) is 6.04 Å². The van der Waals surface area contributed by atoms with E-state index in [2.05, 4.69) is 47.0 Å². The van der Waals surface area contributed by atoms with Crippen molar-refractivity contribution in [2.75, 3.05) is 0 Å². The van der Waals surface area contributed by atoms with E-state index < -0.39 is 0 Å². The van der Waals surface area contributed by atoms with Crippen LogP contribution in [0, 0.1) is 0 Å². The molecule has 0 aliphatic heterocycles. The summed E-state index contributed by atoms with van der Waals surface area (Å²) in [6.07, 6.45) is 2.83. The zero-order valence-corrected chi connectivity index (χ0v) is 12.2. The SMILES string of the molecule is CCc1ccsc1C(NN)c1ccc2ncccc2c1. The minimum Gasteiger partial charge on any atom is -0.271 e. The van der Waals surface area contributed by atoms with Gasteiger partial charge in [-0.05, 0) is 47.2 Å². The first-order valence-corrected chi connectivity index (χ1v) is 7.58. The zero-order chi connectivity index (χ0) is 13.9. The van der Waals surface area contributed by atoms with Gasteiger partial charge < -0.3 is 0 Å². The molecular weight excluding hydrogens is 266 g/mol. The largest absolute Gasteiger partial charge is 0.271 e. The van der Waals surface area contributed by atoms with Crippen molar-refractivity contribution in [3.63, 3.8) is 0 Å². The third kappa shape index (κ3) is 2.33. The Morgan fingerprint density at radius 3 is 3.00 bits per heavy atom. The van der Waals surface area contributed by atoms with Crippen LogP contribution >= 0.6 is 11.3 Å². The Morgan fingerprint density at radius 2 is 2.20 bits per heavy atom. The average molecular weight is 283 g/mol. The highest BCUT2D eigenvalue weighted by atomic mass is 32.1. The molecule has 3 N–H and O–H groups in total. The van der Waals surface area contributed by atoms with Crippen molar-refractivity contribution in [3.05, 3.63) is 64.0 Å². The summed E-state index contributed by atoms with van der Waals surface area (Å²) in [5.74, 6) is 5.80. The van der Waals surface area contributed by atoms with Gasteiger partial charge in [0.1, 0.15) is 0 Å². The summed E-state index contributed by atoms with van der Waals surface area (Å²) in [5.41, 5.74) is 6.48. The normalized spacial score (nSPS) is 12.7. The van der Waals surface area contributed by atoms with Gasteiger partial charge in [-0.15, -0.1) is 11.3 Å². The number of rotatable bonds is 4. The standard InChI is InChI=1S/C16H17N3S/c1-2-11-7-9-20-16(11)15(19-17)13-5-6-14-12(10-13)4-3-8-18-14/h3-10,15,19H,2,17H2,1H3. The number of benzene rings is 1. The number of hydrazine groups is 1. The Kier molecular flexibility index (Phi) is 3.78. The lowest BCUT2D eigenvalue weighted by Crippen LogP contribution is -2.28. The second-order valence-electron chi connectivity index (χ2n) is 4.72. The van der Waals surface area contributed by atoms with Crippen LogP contribution in [0.25, 0.3) is 10.9 Å². The van der Waals surface area contributed by atoms with Crippen LogP contribution in [0.3, 0.4) is 0 Å². The first-order chi connectivity index (χ1) is 9.83. The Bertz CT molecular complexity index is 720. The molecule has 0 radical (unpaired) electrons. The highest BCUT2D eigenvalue weighted by molar-refractivity contribution is 7.10. The number of hydrogen-bond acceptors (Lipinski definition) is 4. The zero-order valence-electron chi connectivity index (χ0n) is 11.3. The Labute approximate surface area is 122 Å². The Balaban J connectivity index is 2.07. The van der Waals surface area contributed by atoms with E-state index in [0.29, 0.717) is 0 Å². The van der Waals surface area contributed by atoms with E-state index in [4.69, 9.17) is 5.84 Å². The third-order valence-electron chi connectivity index (χ3n) is 3.55. The van der Waals surface area contributed by atoms with E-state index in [1.54, 1.807) is 11.3 Å². The molecule has 0 aliphatic carbocycles. The maximum absolute atomic E-state index is 5.80. The summed E-state index contributed by atoms with van der Waals surface area (Å²) in [7, 11) is 0. The number of hydrogen-bond donors (Lipinski definition) is 2. The van der Waals surface area contributed by atoms with Gasteiger partial charge in [-0.25, -0.2) is 5.43 Å². The van der Waals surface area contributed by atoms with Crippen molar-refractivity contribution in [1.82, 2.24) is 10.4 Å². The molecule has 0 bridgehead atoms. The topological polar surface area (TPSA) is 50.9 Å². The fourth-order valence-corrected chi connectivity index (χ4v) is 3.57. The van der Waals surface area contributed by atoms with Crippen molar-refractivity contribution >= 4 is 22.2 Å². The summed E-state index contributed by atoms with van der Waals surface area (Å²) >= 11 is 1.75. The third-order valence-corrected chi connectivity index (χ3v) is 4.57. The Morgan fingerprint density at radius 1 is 1.30 bits per heavy atom. The quantitative estimate of drug-likeness (QED) is 0.570. The van der Waals surface area contributed by atoms with Crippen molar-refractivity contribution in [1.29, 1.82) is 0 Å². The van der Waals surface area contributed by atoms with Crippen LogP contribution in [0.4, 0.5) is 0 Å². The fraction of sp³-hybridized carbons (Fsp3) is 0.188. The maximum Gasteiger partial charge on any atom is 0.0805 e. The van der Waals surface area contributed by atoms with Gasteiger partial charge in [0, 0.05) is 16.5 Å². The lowest BCUT2D eigenvalue weighted by molar-refractivity contribution is 0.642. The number of pyridine rings is 1. The van der Waals surface area contributed by atoms with Gasteiger partial charge in [0.2, 0.25) is 0 Å². The number of nitrogens with two attached hydrogens (primary N) is 1. The van der Waals surface area contributed by atoms with Gasteiger partial charge >= 0.3 is 0 Å². The fourth-order valence-electron chi connectivity index (χ4n) is 2.49. The molecule has 3 nitrogen and oxygen atoms in total. The summed E-state index contributed by atoms with van der Waals surface area (Å²) in [6, 6.07) is 12.6. The molecule has 0 saturated heterocycles. The molecule has 0 saturated carbocycles. The van der Waals surface area contributed by atoms with Gasteiger partial charge in [0.25, 0.3) is 0 Å². The predicted molar refractivity (Wildman–Crippen MR) is 84.6 cm³/mol. The highest BCUT2D eigenvalue weighted by Gasteiger charge is 2.17. The minimum absolute atomic E-state index is 0.0366. The van der Waals surface area contributed by atoms with Gasteiger partial charge in [0.05, 0.1) is 11.6 Å². The molecule has 1 atom stereocenters. The Hall–Kier alpha value is -1.75. The van der Waals surface area contributed by atoms with E-state index in [9.17, 15) is 0 Å². The second kappa shape index (κ2) is 5.71. The molecular formula is C16H17N3S. The van der Waals surface area contributed by atoms with E-state index in [1.807, 2.05) is 18.3 Å². The summed E-state index contributed by atoms with van der Waals surface area (Å²) in [4.78, 5) is 5.64. The molecule has 20 heavy (non-hydrogen) atoms. The maximum atomic E-state index is 5.80. The summed E-state index contributed by atoms with van der Waals surface area (Å²) in [5, 5.41) is 3.26. The van der Waals surface area contributed by atoms with Gasteiger partial charge in [-0.3, -0.25) is 10.8 Å². The lowest BCUT2D eigenvalue weighted by atomic mass is 10.0. The van der Waals surface area contributed by atoms with Crippen LogP contribution in [0.1, 0.15) is 29.0 Å². The van der Waals surface area contributed by atoms with Gasteiger partial charge in [0.15, 0.2) is 0 Å².